The highest BCUT2D eigenvalue weighted by atomic mass is 28.4. The summed E-state index contributed by atoms with van der Waals surface area (Å²) in [7, 11) is -1.76. The van der Waals surface area contributed by atoms with Gasteiger partial charge in [0.15, 0.2) is 8.32 Å². The van der Waals surface area contributed by atoms with Gasteiger partial charge in [-0.3, -0.25) is 0 Å². The molecule has 2 fully saturated rings. The Morgan fingerprint density at radius 2 is 1.88 bits per heavy atom. The van der Waals surface area contributed by atoms with Crippen LogP contribution in [0.2, 0.25) is 18.1 Å². The molecular formula is C22H39NOSi. The van der Waals surface area contributed by atoms with Crippen LogP contribution in [0.15, 0.2) is 12.2 Å². The number of hydrogen-bond acceptors (Lipinski definition) is 2. The largest absolute Gasteiger partial charge is 0.411 e. The summed E-state index contributed by atoms with van der Waals surface area (Å²) in [6.45, 7) is 13.9. The summed E-state index contributed by atoms with van der Waals surface area (Å²) in [5, 5.41) is 9.82. The molecule has 2 saturated carbocycles. The van der Waals surface area contributed by atoms with Crippen molar-refractivity contribution in [3.05, 3.63) is 12.2 Å². The van der Waals surface area contributed by atoms with Crippen LogP contribution in [0.4, 0.5) is 0 Å². The van der Waals surface area contributed by atoms with Crippen LogP contribution in [0.5, 0.6) is 0 Å². The number of fused-ring (bicyclic) bond motifs is 2. The second-order valence-corrected chi connectivity index (χ2v) is 14.6. The van der Waals surface area contributed by atoms with Crippen molar-refractivity contribution in [1.82, 2.24) is 0 Å². The lowest BCUT2D eigenvalue weighted by molar-refractivity contribution is 0.209. The van der Waals surface area contributed by atoms with Crippen LogP contribution >= 0.6 is 0 Å². The molecule has 5 unspecified atom stereocenters. The van der Waals surface area contributed by atoms with Crippen LogP contribution in [0.3, 0.4) is 0 Å². The Morgan fingerprint density at radius 1 is 1.20 bits per heavy atom. The summed E-state index contributed by atoms with van der Waals surface area (Å²) in [6.07, 6.45) is 13.7. The van der Waals surface area contributed by atoms with E-state index in [1.54, 1.807) is 0 Å². The SMILES string of the molecule is CCCCCC(/C=C/C1C2CCC(C2)C1C#N)O[Si](C)(C)C(C)(C)C. The molecule has 0 radical (unpaired) electrons. The van der Waals surface area contributed by atoms with E-state index in [2.05, 4.69) is 59.0 Å². The molecule has 2 bridgehead atoms. The summed E-state index contributed by atoms with van der Waals surface area (Å²) < 4.78 is 6.73. The molecule has 0 aromatic heterocycles. The molecule has 2 aliphatic carbocycles. The van der Waals surface area contributed by atoms with Crippen LogP contribution in [-0.2, 0) is 4.43 Å². The number of unbranched alkanes of at least 4 members (excludes halogenated alkanes) is 2. The number of allylic oxidation sites excluding steroid dienone is 1. The number of hydrogen-bond donors (Lipinski definition) is 0. The first-order valence-corrected chi connectivity index (χ1v) is 13.4. The van der Waals surface area contributed by atoms with Gasteiger partial charge < -0.3 is 4.43 Å². The van der Waals surface area contributed by atoms with Gasteiger partial charge in [-0.2, -0.15) is 5.26 Å². The van der Waals surface area contributed by atoms with Crippen molar-refractivity contribution in [2.45, 2.75) is 96.9 Å². The van der Waals surface area contributed by atoms with Crippen molar-refractivity contribution < 1.29 is 4.43 Å². The monoisotopic (exact) mass is 361 g/mol. The van der Waals surface area contributed by atoms with Gasteiger partial charge in [-0.05, 0) is 61.6 Å². The highest BCUT2D eigenvalue weighted by Gasteiger charge is 2.46. The van der Waals surface area contributed by atoms with Gasteiger partial charge in [-0.1, -0.05) is 59.1 Å². The highest BCUT2D eigenvalue weighted by Crippen LogP contribution is 2.52. The topological polar surface area (TPSA) is 33.0 Å². The molecule has 2 rings (SSSR count). The van der Waals surface area contributed by atoms with E-state index in [4.69, 9.17) is 4.43 Å². The van der Waals surface area contributed by atoms with Gasteiger partial charge in [-0.25, -0.2) is 0 Å². The zero-order valence-electron chi connectivity index (χ0n) is 17.3. The minimum absolute atomic E-state index is 0.228. The minimum Gasteiger partial charge on any atom is -0.411 e. The van der Waals surface area contributed by atoms with Crippen LogP contribution in [0, 0.1) is 35.0 Å². The average molecular weight is 362 g/mol. The highest BCUT2D eigenvalue weighted by molar-refractivity contribution is 6.74. The molecule has 3 heteroatoms. The van der Waals surface area contributed by atoms with Crippen molar-refractivity contribution in [2.24, 2.45) is 23.7 Å². The van der Waals surface area contributed by atoms with Gasteiger partial charge in [-0.15, -0.1) is 0 Å². The fourth-order valence-corrected chi connectivity index (χ4v) is 5.71. The van der Waals surface area contributed by atoms with E-state index in [1.807, 2.05) is 0 Å². The van der Waals surface area contributed by atoms with E-state index in [0.717, 1.165) is 12.3 Å². The molecule has 2 aliphatic rings. The summed E-state index contributed by atoms with van der Waals surface area (Å²) in [6, 6.07) is 2.61. The van der Waals surface area contributed by atoms with Crippen LogP contribution in [0.1, 0.15) is 72.6 Å². The molecule has 0 aromatic rings. The Hall–Kier alpha value is -0.593. The summed E-state index contributed by atoms with van der Waals surface area (Å²) in [4.78, 5) is 0. The van der Waals surface area contributed by atoms with E-state index in [0.29, 0.717) is 11.8 Å². The molecule has 0 heterocycles. The maximum atomic E-state index is 9.58. The Labute approximate surface area is 157 Å². The van der Waals surface area contributed by atoms with Crippen LogP contribution < -0.4 is 0 Å². The maximum absolute atomic E-state index is 9.58. The molecule has 0 aromatic carbocycles. The van der Waals surface area contributed by atoms with Crippen LogP contribution in [0.25, 0.3) is 0 Å². The molecule has 0 N–H and O–H groups in total. The van der Waals surface area contributed by atoms with Crippen molar-refractivity contribution in [1.29, 1.82) is 5.26 Å². The number of rotatable bonds is 8. The van der Waals surface area contributed by atoms with Gasteiger partial charge in [0.2, 0.25) is 0 Å². The summed E-state index contributed by atoms with van der Waals surface area (Å²) in [5.74, 6) is 2.12. The third-order valence-electron chi connectivity index (χ3n) is 7.02. The average Bonchev–Trinajstić information content (AvgIpc) is 3.11. The van der Waals surface area contributed by atoms with Crippen molar-refractivity contribution >= 4 is 8.32 Å². The van der Waals surface area contributed by atoms with Gasteiger partial charge in [0.25, 0.3) is 0 Å². The van der Waals surface area contributed by atoms with E-state index < -0.39 is 8.32 Å². The summed E-state index contributed by atoms with van der Waals surface area (Å²) in [5.41, 5.74) is 0. The lowest BCUT2D eigenvalue weighted by Crippen LogP contribution is -2.43. The first-order chi connectivity index (χ1) is 11.7. The Balaban J connectivity index is 2.06. The molecule has 0 aliphatic heterocycles. The second-order valence-electron chi connectivity index (χ2n) is 9.86. The zero-order chi connectivity index (χ0) is 18.7. The van der Waals surface area contributed by atoms with E-state index in [1.165, 1.54) is 38.5 Å². The number of nitriles is 1. The molecule has 0 saturated heterocycles. The Kier molecular flexibility index (Phi) is 6.96. The molecule has 142 valence electrons. The predicted molar refractivity (Wildman–Crippen MR) is 109 cm³/mol. The van der Waals surface area contributed by atoms with Crippen molar-refractivity contribution in [3.63, 3.8) is 0 Å². The molecule has 2 nitrogen and oxygen atoms in total. The van der Waals surface area contributed by atoms with Gasteiger partial charge in [0.1, 0.15) is 0 Å². The standard InChI is InChI=1S/C22H39NOSi/c1-7-8-9-10-19(24-25(5,6)22(2,3)4)13-14-20-17-11-12-18(15-17)21(20)16-23/h13-14,17-21H,7-12,15H2,1-6H3/b14-13+. The fraction of sp³-hybridized carbons (Fsp3) is 0.864. The Bertz CT molecular complexity index is 499. The minimum atomic E-state index is -1.76. The molecule has 0 spiro atoms. The first kappa shape index (κ1) is 20.7. The fourth-order valence-electron chi connectivity index (χ4n) is 4.40. The Morgan fingerprint density at radius 3 is 2.48 bits per heavy atom. The van der Waals surface area contributed by atoms with Gasteiger partial charge in [0.05, 0.1) is 18.1 Å². The van der Waals surface area contributed by atoms with Crippen molar-refractivity contribution in [3.8, 4) is 6.07 Å². The van der Waals surface area contributed by atoms with E-state index in [-0.39, 0.29) is 17.1 Å². The predicted octanol–water partition coefficient (Wildman–Crippen LogP) is 6.70. The van der Waals surface area contributed by atoms with Crippen molar-refractivity contribution in [2.75, 3.05) is 0 Å². The lowest BCUT2D eigenvalue weighted by atomic mass is 9.80. The zero-order valence-corrected chi connectivity index (χ0v) is 18.3. The molecular weight excluding hydrogens is 322 g/mol. The normalized spacial score (nSPS) is 30.8. The quantitative estimate of drug-likeness (QED) is 0.274. The van der Waals surface area contributed by atoms with Crippen LogP contribution in [-0.4, -0.2) is 14.4 Å². The third kappa shape index (κ3) is 4.98. The van der Waals surface area contributed by atoms with E-state index in [9.17, 15) is 5.26 Å². The number of nitrogens with zero attached hydrogens (tertiary/aromatic N) is 1. The summed E-state index contributed by atoms with van der Waals surface area (Å²) >= 11 is 0. The lowest BCUT2D eigenvalue weighted by Gasteiger charge is -2.39. The second kappa shape index (κ2) is 8.40. The van der Waals surface area contributed by atoms with Gasteiger partial charge in [0, 0.05) is 0 Å². The molecule has 0 amide bonds. The molecule has 5 atom stereocenters. The maximum Gasteiger partial charge on any atom is 0.192 e. The third-order valence-corrected chi connectivity index (χ3v) is 11.5. The van der Waals surface area contributed by atoms with E-state index >= 15 is 0 Å². The molecule has 25 heavy (non-hydrogen) atoms. The smallest absolute Gasteiger partial charge is 0.192 e. The van der Waals surface area contributed by atoms with Gasteiger partial charge >= 0.3 is 0 Å². The first-order valence-electron chi connectivity index (χ1n) is 10.5.